The molecule has 0 spiro atoms. The van der Waals surface area contributed by atoms with Crippen LogP contribution in [0.2, 0.25) is 0 Å². The molecule has 2 aliphatic rings. The summed E-state index contributed by atoms with van der Waals surface area (Å²) in [5, 5.41) is 0. The van der Waals surface area contributed by atoms with Gasteiger partial charge in [0.15, 0.2) is 0 Å². The first-order valence-electron chi connectivity index (χ1n) is 5.91. The normalized spacial score (nSPS) is 24.2. The summed E-state index contributed by atoms with van der Waals surface area (Å²) >= 11 is 4.86. The van der Waals surface area contributed by atoms with Crippen LogP contribution in [0, 0.1) is 5.92 Å². The van der Waals surface area contributed by atoms with Crippen molar-refractivity contribution in [2.24, 2.45) is 11.7 Å². The van der Waals surface area contributed by atoms with Gasteiger partial charge >= 0.3 is 0 Å². The minimum absolute atomic E-state index is 0.0861. The van der Waals surface area contributed by atoms with Gasteiger partial charge in [-0.15, -0.1) is 0 Å². The van der Waals surface area contributed by atoms with Gasteiger partial charge in [0.25, 0.3) is 0 Å². The van der Waals surface area contributed by atoms with Gasteiger partial charge in [-0.05, 0) is 19.8 Å². The van der Waals surface area contributed by atoms with Gasteiger partial charge in [0.1, 0.15) is 0 Å². The lowest BCUT2D eigenvalue weighted by molar-refractivity contribution is -0.134. The van der Waals surface area contributed by atoms with Crippen LogP contribution >= 0.6 is 12.2 Å². The highest BCUT2D eigenvalue weighted by molar-refractivity contribution is 7.80. The third kappa shape index (κ3) is 2.52. The van der Waals surface area contributed by atoms with Gasteiger partial charge in [-0.1, -0.05) is 12.2 Å². The zero-order chi connectivity index (χ0) is 11.7. The number of rotatable bonds is 3. The van der Waals surface area contributed by atoms with Crippen LogP contribution in [0.3, 0.4) is 0 Å². The van der Waals surface area contributed by atoms with Crippen LogP contribution in [0.25, 0.3) is 0 Å². The summed E-state index contributed by atoms with van der Waals surface area (Å²) < 4.78 is 0. The topological polar surface area (TPSA) is 49.6 Å². The van der Waals surface area contributed by atoms with Crippen molar-refractivity contribution in [2.45, 2.75) is 25.8 Å². The number of amides is 1. The molecule has 1 amide bonds. The van der Waals surface area contributed by atoms with E-state index in [9.17, 15) is 4.79 Å². The van der Waals surface area contributed by atoms with Crippen molar-refractivity contribution in [1.82, 2.24) is 9.80 Å². The van der Waals surface area contributed by atoms with E-state index in [1.165, 1.54) is 12.8 Å². The molecule has 0 bridgehead atoms. The van der Waals surface area contributed by atoms with E-state index < -0.39 is 0 Å². The third-order valence-corrected chi connectivity index (χ3v) is 3.84. The maximum atomic E-state index is 12.0. The van der Waals surface area contributed by atoms with Crippen molar-refractivity contribution in [1.29, 1.82) is 0 Å². The molecule has 1 atom stereocenters. The fourth-order valence-electron chi connectivity index (χ4n) is 2.14. The number of nitrogens with zero attached hydrogens (tertiary/aromatic N) is 2. The molecular formula is C11H19N3OS. The van der Waals surface area contributed by atoms with Crippen LogP contribution in [-0.4, -0.2) is 52.9 Å². The van der Waals surface area contributed by atoms with E-state index in [1.807, 2.05) is 4.90 Å². The van der Waals surface area contributed by atoms with E-state index >= 15 is 0 Å². The molecule has 90 valence electrons. The third-order valence-electron chi connectivity index (χ3n) is 3.49. The van der Waals surface area contributed by atoms with Gasteiger partial charge in [0, 0.05) is 32.2 Å². The quantitative estimate of drug-likeness (QED) is 0.718. The Labute approximate surface area is 102 Å². The summed E-state index contributed by atoms with van der Waals surface area (Å²) in [7, 11) is 0. The molecule has 2 rings (SSSR count). The van der Waals surface area contributed by atoms with Crippen LogP contribution in [0.15, 0.2) is 0 Å². The predicted molar refractivity (Wildman–Crippen MR) is 67.1 cm³/mol. The van der Waals surface area contributed by atoms with Crippen molar-refractivity contribution in [2.75, 3.05) is 26.2 Å². The van der Waals surface area contributed by atoms with E-state index in [0.29, 0.717) is 4.99 Å². The number of carbonyl (C=O) groups is 1. The van der Waals surface area contributed by atoms with Crippen LogP contribution < -0.4 is 5.73 Å². The molecule has 0 radical (unpaired) electrons. The van der Waals surface area contributed by atoms with Crippen LogP contribution in [-0.2, 0) is 4.79 Å². The Morgan fingerprint density at radius 2 is 1.88 bits per heavy atom. The Kier molecular flexibility index (Phi) is 3.44. The van der Waals surface area contributed by atoms with Crippen LogP contribution in [0.1, 0.15) is 19.8 Å². The number of hydrogen-bond acceptors (Lipinski definition) is 3. The first kappa shape index (κ1) is 11.8. The summed E-state index contributed by atoms with van der Waals surface area (Å²) in [6, 6.07) is 0.797. The van der Waals surface area contributed by atoms with E-state index in [1.54, 1.807) is 6.92 Å². The SMILES string of the molecule is CC(C(=O)N1CCN(C2CC2)CC1)C(N)=S. The van der Waals surface area contributed by atoms with E-state index in [4.69, 9.17) is 18.0 Å². The second-order valence-corrected chi connectivity index (χ2v) is 5.19. The fraction of sp³-hybridized carbons (Fsp3) is 0.818. The highest BCUT2D eigenvalue weighted by Gasteiger charge is 2.33. The lowest BCUT2D eigenvalue weighted by atomic mass is 10.1. The molecule has 0 aromatic heterocycles. The average molecular weight is 241 g/mol. The van der Waals surface area contributed by atoms with E-state index in [-0.39, 0.29) is 11.8 Å². The Morgan fingerprint density at radius 3 is 2.31 bits per heavy atom. The maximum absolute atomic E-state index is 12.0. The van der Waals surface area contributed by atoms with Crippen molar-refractivity contribution < 1.29 is 4.79 Å². The summed E-state index contributed by atoms with van der Waals surface area (Å²) in [5.41, 5.74) is 5.50. The summed E-state index contributed by atoms with van der Waals surface area (Å²) in [5.74, 6) is -0.231. The summed E-state index contributed by atoms with van der Waals surface area (Å²) in [4.78, 5) is 16.6. The average Bonchev–Trinajstić information content (AvgIpc) is 3.11. The van der Waals surface area contributed by atoms with Gasteiger partial charge < -0.3 is 10.6 Å². The van der Waals surface area contributed by atoms with Crippen LogP contribution in [0.4, 0.5) is 0 Å². The molecular weight excluding hydrogens is 222 g/mol. The molecule has 4 nitrogen and oxygen atoms in total. The second kappa shape index (κ2) is 4.67. The zero-order valence-corrected chi connectivity index (χ0v) is 10.5. The Bertz CT molecular complexity index is 296. The molecule has 1 saturated heterocycles. The molecule has 5 heteroatoms. The number of piperazine rings is 1. The summed E-state index contributed by atoms with van der Waals surface area (Å²) in [6.45, 7) is 5.43. The van der Waals surface area contributed by atoms with Crippen molar-refractivity contribution in [3.8, 4) is 0 Å². The number of hydrogen-bond donors (Lipinski definition) is 1. The first-order chi connectivity index (χ1) is 7.59. The lowest BCUT2D eigenvalue weighted by Crippen LogP contribution is -2.51. The molecule has 2 fully saturated rings. The highest BCUT2D eigenvalue weighted by Crippen LogP contribution is 2.27. The smallest absolute Gasteiger partial charge is 0.232 e. The van der Waals surface area contributed by atoms with Crippen molar-refractivity contribution in [3.05, 3.63) is 0 Å². The van der Waals surface area contributed by atoms with Gasteiger partial charge in [0.05, 0.1) is 10.9 Å². The summed E-state index contributed by atoms with van der Waals surface area (Å²) in [6.07, 6.45) is 2.66. The molecule has 1 unspecified atom stereocenters. The van der Waals surface area contributed by atoms with Crippen molar-refractivity contribution >= 4 is 23.1 Å². The zero-order valence-electron chi connectivity index (χ0n) is 9.69. The maximum Gasteiger partial charge on any atom is 0.232 e. The second-order valence-electron chi connectivity index (χ2n) is 4.72. The Hall–Kier alpha value is -0.680. The monoisotopic (exact) mass is 241 g/mol. The first-order valence-corrected chi connectivity index (χ1v) is 6.32. The fourth-order valence-corrected chi connectivity index (χ4v) is 2.24. The van der Waals surface area contributed by atoms with Gasteiger partial charge in [0.2, 0.25) is 5.91 Å². The van der Waals surface area contributed by atoms with Crippen molar-refractivity contribution in [3.63, 3.8) is 0 Å². The molecule has 1 aliphatic heterocycles. The molecule has 2 N–H and O–H groups in total. The predicted octanol–water partition coefficient (Wildman–Crippen LogP) is 0.215. The van der Waals surface area contributed by atoms with Gasteiger partial charge in [-0.25, -0.2) is 0 Å². The molecule has 0 aromatic carbocycles. The van der Waals surface area contributed by atoms with E-state index in [0.717, 1.165) is 32.2 Å². The molecule has 1 heterocycles. The minimum atomic E-state index is -0.317. The molecule has 1 saturated carbocycles. The lowest BCUT2D eigenvalue weighted by Gasteiger charge is -2.35. The Morgan fingerprint density at radius 1 is 1.31 bits per heavy atom. The molecule has 1 aliphatic carbocycles. The van der Waals surface area contributed by atoms with Crippen LogP contribution in [0.5, 0.6) is 0 Å². The van der Waals surface area contributed by atoms with Gasteiger partial charge in [-0.2, -0.15) is 0 Å². The van der Waals surface area contributed by atoms with Gasteiger partial charge in [-0.3, -0.25) is 9.69 Å². The van der Waals surface area contributed by atoms with E-state index in [2.05, 4.69) is 4.90 Å². The number of nitrogens with two attached hydrogens (primary N) is 1. The molecule has 0 aromatic rings. The molecule has 16 heavy (non-hydrogen) atoms. The Balaban J connectivity index is 1.83. The number of carbonyl (C=O) groups excluding carboxylic acids is 1. The number of thiocarbonyl (C=S) groups is 1. The minimum Gasteiger partial charge on any atom is -0.393 e. The highest BCUT2D eigenvalue weighted by atomic mass is 32.1. The standard InChI is InChI=1S/C11H19N3OS/c1-8(10(12)16)11(15)14-6-4-13(5-7-14)9-2-3-9/h8-9H,2-7H2,1H3,(H2,12,16). The largest absolute Gasteiger partial charge is 0.393 e.